The summed E-state index contributed by atoms with van der Waals surface area (Å²) >= 11 is 0. The van der Waals surface area contributed by atoms with Crippen LogP contribution in [0.2, 0.25) is 0 Å². The van der Waals surface area contributed by atoms with E-state index in [0.717, 1.165) is 16.5 Å². The highest BCUT2D eigenvalue weighted by molar-refractivity contribution is 5.99. The minimum Gasteiger partial charge on any atom is -0.482 e. The third-order valence-corrected chi connectivity index (χ3v) is 3.69. The van der Waals surface area contributed by atoms with Gasteiger partial charge < -0.3 is 9.30 Å². The molecule has 0 unspecified atom stereocenters. The second kappa shape index (κ2) is 7.32. The number of carbonyl (C=O) groups is 1. The monoisotopic (exact) mass is 332 g/mol. The molecule has 0 aliphatic rings. The average molecular weight is 332 g/mol. The number of hydrogen-bond acceptors (Lipinski definition) is 4. The van der Waals surface area contributed by atoms with E-state index in [1.807, 2.05) is 48.1 Å². The molecule has 1 aromatic heterocycles. The molecule has 25 heavy (non-hydrogen) atoms. The van der Waals surface area contributed by atoms with E-state index in [4.69, 9.17) is 10.00 Å². The van der Waals surface area contributed by atoms with Gasteiger partial charge in [0.05, 0.1) is 11.8 Å². The van der Waals surface area contributed by atoms with Crippen LogP contribution in [0.15, 0.2) is 59.8 Å². The van der Waals surface area contributed by atoms with Gasteiger partial charge in [0.25, 0.3) is 5.91 Å². The van der Waals surface area contributed by atoms with Gasteiger partial charge in [-0.3, -0.25) is 4.79 Å². The maximum Gasteiger partial charge on any atom is 0.277 e. The minimum atomic E-state index is -0.399. The van der Waals surface area contributed by atoms with Crippen molar-refractivity contribution < 1.29 is 9.53 Å². The first-order valence-corrected chi connectivity index (χ1v) is 7.67. The molecule has 1 amide bonds. The molecule has 0 aliphatic heterocycles. The summed E-state index contributed by atoms with van der Waals surface area (Å²) in [7, 11) is 1.96. The van der Waals surface area contributed by atoms with Crippen molar-refractivity contribution in [3.63, 3.8) is 0 Å². The molecule has 0 radical (unpaired) electrons. The number of aryl methyl sites for hydroxylation is 1. The summed E-state index contributed by atoms with van der Waals surface area (Å²) in [6.45, 7) is -0.217. The van der Waals surface area contributed by atoms with E-state index in [9.17, 15) is 4.79 Å². The number of aromatic nitrogens is 1. The number of fused-ring (bicyclic) bond motifs is 1. The van der Waals surface area contributed by atoms with E-state index in [-0.39, 0.29) is 6.61 Å². The number of hydrogen-bond donors (Lipinski definition) is 1. The lowest BCUT2D eigenvalue weighted by Crippen LogP contribution is -2.24. The van der Waals surface area contributed by atoms with Crippen molar-refractivity contribution >= 4 is 23.0 Å². The van der Waals surface area contributed by atoms with Crippen LogP contribution in [0.1, 0.15) is 11.1 Å². The zero-order chi connectivity index (χ0) is 17.6. The highest BCUT2D eigenvalue weighted by Crippen LogP contribution is 2.18. The molecule has 124 valence electrons. The summed E-state index contributed by atoms with van der Waals surface area (Å²) in [5.74, 6) is -0.0255. The van der Waals surface area contributed by atoms with Gasteiger partial charge in [-0.1, -0.05) is 30.3 Å². The van der Waals surface area contributed by atoms with Gasteiger partial charge >= 0.3 is 0 Å². The third kappa shape index (κ3) is 3.67. The fourth-order valence-corrected chi connectivity index (χ4v) is 2.51. The molecule has 1 N–H and O–H groups in total. The van der Waals surface area contributed by atoms with Gasteiger partial charge in [-0.15, -0.1) is 0 Å². The number of benzene rings is 2. The van der Waals surface area contributed by atoms with Gasteiger partial charge in [-0.2, -0.15) is 10.4 Å². The second-order valence-corrected chi connectivity index (χ2v) is 5.40. The van der Waals surface area contributed by atoms with Crippen LogP contribution in [-0.4, -0.2) is 23.3 Å². The van der Waals surface area contributed by atoms with Crippen LogP contribution in [0.4, 0.5) is 0 Å². The first-order chi connectivity index (χ1) is 12.2. The van der Waals surface area contributed by atoms with E-state index in [1.165, 1.54) is 0 Å². The second-order valence-electron chi connectivity index (χ2n) is 5.40. The SMILES string of the molecule is Cn1cc(C=NNC(=O)COc2ccccc2C#N)c2ccccc21. The smallest absolute Gasteiger partial charge is 0.277 e. The van der Waals surface area contributed by atoms with Gasteiger partial charge in [0.15, 0.2) is 6.61 Å². The van der Waals surface area contributed by atoms with Crippen LogP contribution in [0.3, 0.4) is 0 Å². The van der Waals surface area contributed by atoms with Crippen molar-refractivity contribution in [3.05, 3.63) is 65.9 Å². The lowest BCUT2D eigenvalue weighted by Gasteiger charge is -2.06. The molecule has 3 aromatic rings. The topological polar surface area (TPSA) is 79.4 Å². The summed E-state index contributed by atoms with van der Waals surface area (Å²) in [6, 6.07) is 16.7. The lowest BCUT2D eigenvalue weighted by molar-refractivity contribution is -0.123. The van der Waals surface area contributed by atoms with E-state index in [1.54, 1.807) is 30.5 Å². The van der Waals surface area contributed by atoms with Crippen LogP contribution in [0.25, 0.3) is 10.9 Å². The van der Waals surface area contributed by atoms with Crippen molar-refractivity contribution in [3.8, 4) is 11.8 Å². The van der Waals surface area contributed by atoms with Crippen molar-refractivity contribution in [2.75, 3.05) is 6.61 Å². The van der Waals surface area contributed by atoms with Crippen molar-refractivity contribution in [2.24, 2.45) is 12.1 Å². The van der Waals surface area contributed by atoms with Gasteiger partial charge in [0, 0.05) is 29.7 Å². The molecule has 3 rings (SSSR count). The predicted octanol–water partition coefficient (Wildman–Crippen LogP) is 2.58. The molecule has 0 bridgehead atoms. The summed E-state index contributed by atoms with van der Waals surface area (Å²) in [6.07, 6.45) is 3.55. The van der Waals surface area contributed by atoms with E-state index < -0.39 is 5.91 Å². The van der Waals surface area contributed by atoms with Crippen LogP contribution in [0.5, 0.6) is 5.75 Å². The number of amides is 1. The number of nitrogens with one attached hydrogen (secondary N) is 1. The van der Waals surface area contributed by atoms with Crippen molar-refractivity contribution in [1.29, 1.82) is 5.26 Å². The van der Waals surface area contributed by atoms with Crippen LogP contribution >= 0.6 is 0 Å². The van der Waals surface area contributed by atoms with Crippen molar-refractivity contribution in [1.82, 2.24) is 9.99 Å². The number of para-hydroxylation sites is 2. The number of rotatable bonds is 5. The maximum absolute atomic E-state index is 11.8. The molecule has 6 nitrogen and oxygen atoms in total. The Balaban J connectivity index is 1.60. The molecule has 6 heteroatoms. The standard InChI is InChI=1S/C19H16N4O2/c1-23-12-15(16-7-3-4-8-17(16)23)11-21-22-19(24)13-25-18-9-5-2-6-14(18)10-20/h2-9,11-12H,13H2,1H3,(H,22,24). The molecule has 0 fully saturated rings. The molecule has 1 heterocycles. The van der Waals surface area contributed by atoms with Crippen LogP contribution < -0.4 is 10.2 Å². The number of hydrazone groups is 1. The third-order valence-electron chi connectivity index (χ3n) is 3.69. The zero-order valence-corrected chi connectivity index (χ0v) is 13.6. The molecule has 0 saturated heterocycles. The summed E-state index contributed by atoms with van der Waals surface area (Å²) in [5.41, 5.74) is 4.81. The molecule has 0 aliphatic carbocycles. The highest BCUT2D eigenvalue weighted by atomic mass is 16.5. The molecule has 0 saturated carbocycles. The van der Waals surface area contributed by atoms with E-state index >= 15 is 0 Å². The first kappa shape index (κ1) is 16.3. The number of ether oxygens (including phenoxy) is 1. The molecule has 0 spiro atoms. The van der Waals surface area contributed by atoms with Gasteiger partial charge in [-0.05, 0) is 18.2 Å². The first-order valence-electron chi connectivity index (χ1n) is 7.67. The van der Waals surface area contributed by atoms with Crippen molar-refractivity contribution in [2.45, 2.75) is 0 Å². The molecule has 0 atom stereocenters. The molecular formula is C19H16N4O2. The predicted molar refractivity (Wildman–Crippen MR) is 95.3 cm³/mol. The highest BCUT2D eigenvalue weighted by Gasteiger charge is 2.06. The van der Waals surface area contributed by atoms with Gasteiger partial charge in [0.2, 0.25) is 0 Å². The summed E-state index contributed by atoms with van der Waals surface area (Å²) < 4.78 is 7.35. The largest absolute Gasteiger partial charge is 0.482 e. The number of carbonyl (C=O) groups excluding carboxylic acids is 1. The van der Waals surface area contributed by atoms with Gasteiger partial charge in [-0.25, -0.2) is 5.43 Å². The Hall–Kier alpha value is -3.59. The lowest BCUT2D eigenvalue weighted by atomic mass is 10.2. The van der Waals surface area contributed by atoms with E-state index in [2.05, 4.69) is 10.5 Å². The summed E-state index contributed by atoms with van der Waals surface area (Å²) in [4.78, 5) is 11.8. The Morgan fingerprint density at radius 1 is 1.28 bits per heavy atom. The Morgan fingerprint density at radius 3 is 2.88 bits per heavy atom. The normalized spacial score (nSPS) is 10.7. The minimum absolute atomic E-state index is 0.217. The Kier molecular flexibility index (Phi) is 4.77. The Bertz CT molecular complexity index is 982. The Labute approximate surface area is 144 Å². The van der Waals surface area contributed by atoms with E-state index in [0.29, 0.717) is 11.3 Å². The fraction of sp³-hybridized carbons (Fsp3) is 0.105. The van der Waals surface area contributed by atoms with Gasteiger partial charge in [0.1, 0.15) is 11.8 Å². The molecular weight excluding hydrogens is 316 g/mol. The number of nitrogens with zero attached hydrogens (tertiary/aromatic N) is 3. The fourth-order valence-electron chi connectivity index (χ4n) is 2.51. The van der Waals surface area contributed by atoms with Crippen LogP contribution in [0, 0.1) is 11.3 Å². The quantitative estimate of drug-likeness (QED) is 0.576. The maximum atomic E-state index is 11.8. The average Bonchev–Trinajstić information content (AvgIpc) is 2.96. The molecule has 2 aromatic carbocycles. The van der Waals surface area contributed by atoms with Crippen LogP contribution in [-0.2, 0) is 11.8 Å². The summed E-state index contributed by atoms with van der Waals surface area (Å²) in [5, 5.41) is 14.0. The Morgan fingerprint density at radius 2 is 2.04 bits per heavy atom. The number of nitriles is 1. The zero-order valence-electron chi connectivity index (χ0n) is 13.6.